The number of rotatable bonds is 30. The van der Waals surface area contributed by atoms with Crippen molar-refractivity contribution in [1.29, 1.82) is 0 Å². The predicted molar refractivity (Wildman–Crippen MR) is 176 cm³/mol. The zero-order valence-corrected chi connectivity index (χ0v) is 28.8. The molecule has 0 aromatic carbocycles. The van der Waals surface area contributed by atoms with Crippen molar-refractivity contribution in [2.75, 3.05) is 41.0 Å². The van der Waals surface area contributed by atoms with E-state index in [0.717, 1.165) is 51.4 Å². The highest BCUT2D eigenvalue weighted by Gasteiger charge is 2.25. The molecule has 256 valence electrons. The molecule has 0 amide bonds. The number of ether oxygens (including phenoxy) is 3. The fraction of sp³-hybridized carbons (Fsp3) is 0.806. The van der Waals surface area contributed by atoms with Crippen molar-refractivity contribution in [3.8, 4) is 0 Å². The third kappa shape index (κ3) is 26.2. The number of likely N-dealkylation sites (N-methyl/N-ethyl adjacent to an activating group) is 1. The molecule has 0 saturated carbocycles. The first-order valence-electron chi connectivity index (χ1n) is 17.4. The smallest absolute Gasteiger partial charge is 0.306 e. The maximum absolute atomic E-state index is 12.5. The molecule has 0 radical (unpaired) electrons. The molecule has 0 fully saturated rings. The van der Waals surface area contributed by atoms with Crippen molar-refractivity contribution in [2.24, 2.45) is 0 Å². The Morgan fingerprint density at radius 3 is 1.77 bits per heavy atom. The molecular formula is C36H65NO7. The van der Waals surface area contributed by atoms with E-state index in [0.29, 0.717) is 6.42 Å². The number of carboxylic acid groups (broad SMARTS) is 1. The van der Waals surface area contributed by atoms with E-state index in [-0.39, 0.29) is 49.1 Å². The first kappa shape index (κ1) is 41.8. The van der Waals surface area contributed by atoms with Crippen LogP contribution in [-0.4, -0.2) is 75.5 Å². The molecule has 8 heteroatoms. The van der Waals surface area contributed by atoms with E-state index in [1.807, 2.05) is 0 Å². The Morgan fingerprint density at radius 1 is 0.682 bits per heavy atom. The van der Waals surface area contributed by atoms with Crippen LogP contribution in [0.5, 0.6) is 0 Å². The highest BCUT2D eigenvalue weighted by Crippen LogP contribution is 2.12. The van der Waals surface area contributed by atoms with Gasteiger partial charge in [0.25, 0.3) is 0 Å². The lowest BCUT2D eigenvalue weighted by Gasteiger charge is -2.34. The number of quaternary nitrogens is 1. The molecule has 0 aliphatic rings. The van der Waals surface area contributed by atoms with E-state index in [1.165, 1.54) is 51.4 Å². The van der Waals surface area contributed by atoms with Crippen LogP contribution in [0.15, 0.2) is 24.3 Å². The monoisotopic (exact) mass is 623 g/mol. The van der Waals surface area contributed by atoms with Gasteiger partial charge in [-0.2, -0.15) is 0 Å². The molecule has 44 heavy (non-hydrogen) atoms. The van der Waals surface area contributed by atoms with Crippen LogP contribution in [0.4, 0.5) is 0 Å². The van der Waals surface area contributed by atoms with Gasteiger partial charge in [-0.05, 0) is 32.1 Å². The molecule has 0 N–H and O–H groups in total. The summed E-state index contributed by atoms with van der Waals surface area (Å²) >= 11 is 0. The van der Waals surface area contributed by atoms with Crippen LogP contribution < -0.4 is 5.11 Å². The van der Waals surface area contributed by atoms with E-state index >= 15 is 0 Å². The van der Waals surface area contributed by atoms with Gasteiger partial charge in [-0.15, -0.1) is 0 Å². The van der Waals surface area contributed by atoms with Crippen molar-refractivity contribution in [3.05, 3.63) is 24.3 Å². The van der Waals surface area contributed by atoms with Crippen molar-refractivity contribution >= 4 is 17.9 Å². The van der Waals surface area contributed by atoms with Crippen LogP contribution in [-0.2, 0) is 28.6 Å². The maximum Gasteiger partial charge on any atom is 0.306 e. The maximum atomic E-state index is 12.5. The number of aliphatic carboxylic acids is 1. The van der Waals surface area contributed by atoms with Crippen molar-refractivity contribution in [2.45, 2.75) is 148 Å². The Hall–Kier alpha value is -2.19. The van der Waals surface area contributed by atoms with Gasteiger partial charge in [0.2, 0.25) is 0 Å². The number of hydrogen-bond acceptors (Lipinski definition) is 7. The van der Waals surface area contributed by atoms with Gasteiger partial charge in [0.05, 0.1) is 40.3 Å². The molecule has 0 rings (SSSR count). The van der Waals surface area contributed by atoms with Crippen molar-refractivity contribution in [3.63, 3.8) is 0 Å². The van der Waals surface area contributed by atoms with Crippen LogP contribution in [0.2, 0.25) is 0 Å². The van der Waals surface area contributed by atoms with Gasteiger partial charge in [0, 0.05) is 19.3 Å². The number of esters is 2. The summed E-state index contributed by atoms with van der Waals surface area (Å²) < 4.78 is 17.0. The normalized spacial score (nSPS) is 13.4. The number of carbonyl (C=O) groups excluding carboxylic acids is 3. The van der Waals surface area contributed by atoms with Gasteiger partial charge in [0.15, 0.2) is 6.10 Å². The molecular weight excluding hydrogens is 558 g/mol. The van der Waals surface area contributed by atoms with Gasteiger partial charge < -0.3 is 28.6 Å². The fourth-order valence-corrected chi connectivity index (χ4v) is 4.81. The number of hydrogen-bond donors (Lipinski definition) is 0. The minimum Gasteiger partial charge on any atom is -0.544 e. The number of unbranched alkanes of at least 4 members (excludes halogenated alkanes) is 13. The number of carboxylic acids is 1. The largest absolute Gasteiger partial charge is 0.544 e. The standard InChI is InChI=1S/C36H65NO7/c1-6-8-10-12-14-16-17-19-21-23-25-27-35(39)44-32(30-42-29-28-33(36(40)41)37(3,4)5)31-43-34(38)26-24-22-20-18-15-13-11-9-7-2/h12,14,16-17,32-33H,6-11,13,15,18-31H2,1-5H3/b14-12+,17-16+. The summed E-state index contributed by atoms with van der Waals surface area (Å²) in [6, 6.07) is -0.725. The average molecular weight is 624 g/mol. The Labute approximate surface area is 269 Å². The zero-order chi connectivity index (χ0) is 32.9. The van der Waals surface area contributed by atoms with Gasteiger partial charge in [-0.1, -0.05) is 109 Å². The van der Waals surface area contributed by atoms with Gasteiger partial charge >= 0.3 is 11.9 Å². The molecule has 2 unspecified atom stereocenters. The minimum absolute atomic E-state index is 0.0323. The highest BCUT2D eigenvalue weighted by atomic mass is 16.6. The van der Waals surface area contributed by atoms with Gasteiger partial charge in [-0.3, -0.25) is 9.59 Å². The molecule has 0 aromatic heterocycles. The van der Waals surface area contributed by atoms with Crippen LogP contribution in [0.1, 0.15) is 136 Å². The SMILES string of the molecule is CCCC/C=C/C=C/CCCCCC(=O)OC(COCCC(C(=O)[O-])[N+](C)(C)C)COC(=O)CCCCCCCCCCC. The molecule has 0 aromatic rings. The first-order chi connectivity index (χ1) is 21.1. The van der Waals surface area contributed by atoms with Crippen LogP contribution in [0.25, 0.3) is 0 Å². The van der Waals surface area contributed by atoms with Gasteiger partial charge in [-0.25, -0.2) is 0 Å². The topological polar surface area (TPSA) is 102 Å². The minimum atomic E-state index is -1.13. The van der Waals surface area contributed by atoms with Crippen LogP contribution in [0.3, 0.4) is 0 Å². The lowest BCUT2D eigenvalue weighted by molar-refractivity contribution is -0.889. The summed E-state index contributed by atoms with van der Waals surface area (Å²) in [4.78, 5) is 36.4. The highest BCUT2D eigenvalue weighted by molar-refractivity contribution is 5.70. The molecule has 0 saturated heterocycles. The Balaban J connectivity index is 4.53. The predicted octanol–water partition coefficient (Wildman–Crippen LogP) is 6.85. The quantitative estimate of drug-likeness (QED) is 0.0373. The second-order valence-corrected chi connectivity index (χ2v) is 12.8. The van der Waals surface area contributed by atoms with Crippen LogP contribution >= 0.6 is 0 Å². The average Bonchev–Trinajstić information content (AvgIpc) is 2.96. The molecule has 0 spiro atoms. The molecule has 0 aliphatic heterocycles. The van der Waals surface area contributed by atoms with E-state index in [1.54, 1.807) is 21.1 Å². The third-order valence-corrected chi connectivity index (χ3v) is 7.62. The van der Waals surface area contributed by atoms with Crippen molar-refractivity contribution < 1.29 is 38.2 Å². The summed E-state index contributed by atoms with van der Waals surface area (Å²) in [5, 5.41) is 11.5. The fourth-order valence-electron chi connectivity index (χ4n) is 4.81. The lowest BCUT2D eigenvalue weighted by Crippen LogP contribution is -2.55. The number of carbonyl (C=O) groups is 3. The lowest BCUT2D eigenvalue weighted by atomic mass is 10.1. The molecule has 0 bridgehead atoms. The van der Waals surface area contributed by atoms with Crippen molar-refractivity contribution in [1.82, 2.24) is 0 Å². The Kier molecular flexibility index (Phi) is 26.9. The van der Waals surface area contributed by atoms with E-state index in [2.05, 4.69) is 38.2 Å². The second kappa shape index (κ2) is 28.3. The van der Waals surface area contributed by atoms with Gasteiger partial charge in [0.1, 0.15) is 12.6 Å². The molecule has 2 atom stereocenters. The Bertz CT molecular complexity index is 788. The first-order valence-corrected chi connectivity index (χ1v) is 17.4. The van der Waals surface area contributed by atoms with Crippen LogP contribution in [0, 0.1) is 0 Å². The summed E-state index contributed by atoms with van der Waals surface area (Å²) in [7, 11) is 5.38. The zero-order valence-electron chi connectivity index (χ0n) is 28.8. The van der Waals surface area contributed by atoms with E-state index < -0.39 is 18.1 Å². The molecule has 0 heterocycles. The van der Waals surface area contributed by atoms with E-state index in [4.69, 9.17) is 14.2 Å². The second-order valence-electron chi connectivity index (χ2n) is 12.8. The third-order valence-electron chi connectivity index (χ3n) is 7.62. The number of allylic oxidation sites excluding steroid dienone is 4. The summed E-state index contributed by atoms with van der Waals surface area (Å²) in [6.45, 7) is 4.53. The molecule has 8 nitrogen and oxygen atoms in total. The number of nitrogens with zero attached hydrogens (tertiary/aromatic N) is 1. The summed E-state index contributed by atoms with van der Waals surface area (Å²) in [6.07, 6.45) is 26.4. The summed E-state index contributed by atoms with van der Waals surface area (Å²) in [5.41, 5.74) is 0. The molecule has 0 aliphatic carbocycles. The Morgan fingerprint density at radius 2 is 1.20 bits per heavy atom. The van der Waals surface area contributed by atoms with E-state index in [9.17, 15) is 19.5 Å². The summed E-state index contributed by atoms with van der Waals surface area (Å²) in [5.74, 6) is -1.78.